The second-order valence-electron chi connectivity index (χ2n) is 0.672. The molecular weight excluding hydrogens is 207 g/mol. The van der Waals surface area contributed by atoms with Crippen molar-refractivity contribution in [2.45, 2.75) is 0 Å². The maximum absolute atomic E-state index is 10.2. The van der Waals surface area contributed by atoms with Crippen LogP contribution in [0, 0.1) is 0 Å². The van der Waals surface area contributed by atoms with Crippen molar-refractivity contribution >= 4 is 55.6 Å². The van der Waals surface area contributed by atoms with E-state index in [0.717, 1.165) is 0 Å². The number of rotatable bonds is 2. The summed E-state index contributed by atoms with van der Waals surface area (Å²) in [6.45, 7) is 0. The molecule has 8 heavy (non-hydrogen) atoms. The van der Waals surface area contributed by atoms with Gasteiger partial charge in [-0.3, -0.25) is 4.55 Å². The van der Waals surface area contributed by atoms with Crippen molar-refractivity contribution in [3.8, 4) is 0 Å². The predicted octanol–water partition coefficient (Wildman–Crippen LogP) is -0.112. The van der Waals surface area contributed by atoms with Gasteiger partial charge in [-0.25, -0.2) is 0 Å². The summed E-state index contributed by atoms with van der Waals surface area (Å²) in [5, 5.41) is -2.81. The molecule has 0 aromatic rings. The number of hydrogen-bond donors (Lipinski definition) is 1. The molecule has 0 saturated heterocycles. The third-order valence-corrected chi connectivity index (χ3v) is 0.988. The van der Waals surface area contributed by atoms with E-state index in [0.29, 0.717) is 0 Å². The molecule has 0 amide bonds. The van der Waals surface area contributed by atoms with Crippen molar-refractivity contribution in [3.63, 3.8) is 0 Å². The van der Waals surface area contributed by atoms with Crippen LogP contribution in [-0.4, -0.2) is 53.5 Å². The van der Waals surface area contributed by atoms with Crippen molar-refractivity contribution in [1.82, 2.24) is 0 Å². The minimum absolute atomic E-state index is 0. The van der Waals surface area contributed by atoms with E-state index in [1.807, 2.05) is 0 Å². The number of alkyl halides is 1. The molecule has 0 aromatic heterocycles. The third kappa shape index (κ3) is 10.4. The molecule has 0 bridgehead atoms. The molecule has 0 unspecified atom stereocenters. The van der Waals surface area contributed by atoms with Crippen molar-refractivity contribution in [1.29, 1.82) is 0 Å². The van der Waals surface area contributed by atoms with Gasteiger partial charge in [0.15, 0.2) is 0 Å². The molecule has 45 valence electrons. The Morgan fingerprint density at radius 2 is 2.12 bits per heavy atom. The van der Waals surface area contributed by atoms with E-state index >= 15 is 0 Å². The minimum Gasteiger partial charge on any atom is -0.286 e. The van der Waals surface area contributed by atoms with Gasteiger partial charge < -0.3 is 0 Å². The van der Waals surface area contributed by atoms with Gasteiger partial charge >= 0.3 is 0 Å². The van der Waals surface area contributed by atoms with E-state index in [1.165, 1.54) is 0 Å². The van der Waals surface area contributed by atoms with Gasteiger partial charge in [0.25, 0.3) is 10.1 Å². The Morgan fingerprint density at radius 1 is 1.75 bits per heavy atom. The zero-order valence-corrected chi connectivity index (χ0v) is 8.45. The first kappa shape index (κ1) is 5.09. The van der Waals surface area contributed by atoms with Gasteiger partial charge in [-0.05, 0) is 0 Å². The quantitative estimate of drug-likeness (QED) is 0.398. The molecule has 0 aliphatic heterocycles. The molecule has 1 radical (unpaired) electrons. The molecule has 0 aliphatic carbocycles. The molecule has 1 N–H and O–H groups in total. The van der Waals surface area contributed by atoms with Crippen LogP contribution in [0.3, 0.4) is 0 Å². The summed E-state index contributed by atoms with van der Waals surface area (Å²) in [4.78, 5) is 0. The number of halogens is 1. The Hall–Kier alpha value is 1.39. The topological polar surface area (TPSA) is 54.4 Å². The van der Waals surface area contributed by atoms with Gasteiger partial charge in [-0.1, -0.05) is 15.9 Å². The molecule has 0 heterocycles. The Morgan fingerprint density at radius 3 is 2.12 bits per heavy atom. The Bertz CT molecular complexity index is 246. The maximum Gasteiger partial charge on any atom is 0.265 e. The standard InChI is InChI=1S/C2H5BrO3S.Na/c3-1-2-7(4,5)6;/h1-2H2,(H,4,5,6);/i1D2,2D2;. The second kappa shape index (κ2) is 5.20. The monoisotopic (exact) mass is 215 g/mol. The molecule has 6 heteroatoms. The molecule has 0 aromatic carbocycles. The third-order valence-electron chi connectivity index (χ3n) is 0.168. The minimum atomic E-state index is -5.05. The molecule has 0 aliphatic rings. The molecule has 0 atom stereocenters. The molecule has 0 fully saturated rings. The van der Waals surface area contributed by atoms with Crippen LogP contribution in [0.25, 0.3) is 0 Å². The van der Waals surface area contributed by atoms with Crippen LogP contribution < -0.4 is 0 Å². The smallest absolute Gasteiger partial charge is 0.265 e. The van der Waals surface area contributed by atoms with E-state index in [9.17, 15) is 8.42 Å². The fourth-order valence-electron chi connectivity index (χ4n) is 0.0487. The van der Waals surface area contributed by atoms with Crippen molar-refractivity contribution in [2.24, 2.45) is 0 Å². The van der Waals surface area contributed by atoms with Crippen molar-refractivity contribution in [3.05, 3.63) is 0 Å². The molecular formula is C2H5BrNaO3S. The van der Waals surface area contributed by atoms with E-state index in [-0.39, 0.29) is 29.6 Å². The van der Waals surface area contributed by atoms with Crippen molar-refractivity contribution < 1.29 is 18.5 Å². The summed E-state index contributed by atoms with van der Waals surface area (Å²) in [5.41, 5.74) is -3.35. The van der Waals surface area contributed by atoms with Crippen LogP contribution >= 0.6 is 15.9 Å². The largest absolute Gasteiger partial charge is 0.286 e. The van der Waals surface area contributed by atoms with Gasteiger partial charge in [0.1, 0.15) is 0 Å². The SMILES string of the molecule is [2H]C([2H])(Br)C([2H])([2H])S(=O)(=O)O.[Na]. The fourth-order valence-corrected chi connectivity index (χ4v) is 0.760. The van der Waals surface area contributed by atoms with Gasteiger partial charge in [0.05, 0.1) is 5.70 Å². The average Bonchev–Trinajstić information content (AvgIpc) is 1.58. The van der Waals surface area contributed by atoms with Gasteiger partial charge in [-0.15, -0.1) is 0 Å². The second-order valence-corrected chi connectivity index (χ2v) is 2.22. The maximum atomic E-state index is 10.2. The van der Waals surface area contributed by atoms with Crippen LogP contribution in [0.2, 0.25) is 0 Å². The zero-order valence-electron chi connectivity index (χ0n) is 8.05. The summed E-state index contributed by atoms with van der Waals surface area (Å²) in [5.74, 6) is 0. The Kier molecular flexibility index (Phi) is 3.31. The van der Waals surface area contributed by atoms with Gasteiger partial charge in [0, 0.05) is 40.3 Å². The first-order valence-corrected chi connectivity index (χ1v) is 3.39. The first-order chi connectivity index (χ1) is 4.50. The number of hydrogen-bond acceptors (Lipinski definition) is 2. The van der Waals surface area contributed by atoms with E-state index in [2.05, 4.69) is 15.9 Å². The van der Waals surface area contributed by atoms with E-state index < -0.39 is 21.1 Å². The summed E-state index contributed by atoms with van der Waals surface area (Å²) in [6, 6.07) is 0. The summed E-state index contributed by atoms with van der Waals surface area (Å²) in [6.07, 6.45) is 0. The Labute approximate surface area is 84.6 Å². The van der Waals surface area contributed by atoms with Crippen LogP contribution in [0.5, 0.6) is 0 Å². The summed E-state index contributed by atoms with van der Waals surface area (Å²) in [7, 11) is -5.05. The molecule has 0 spiro atoms. The average molecular weight is 216 g/mol. The predicted molar refractivity (Wildman–Crippen MR) is 36.0 cm³/mol. The van der Waals surface area contributed by atoms with Crippen molar-refractivity contribution in [2.75, 3.05) is 11.0 Å². The Balaban J connectivity index is 0. The van der Waals surface area contributed by atoms with Crippen LogP contribution in [0.1, 0.15) is 5.48 Å². The zero-order chi connectivity index (χ0) is 9.50. The normalized spacial score (nSPS) is 21.2. The molecule has 0 rings (SSSR count). The first-order valence-electron chi connectivity index (χ1n) is 3.16. The van der Waals surface area contributed by atoms with Gasteiger partial charge in [0.2, 0.25) is 0 Å². The molecule has 3 nitrogen and oxygen atoms in total. The summed E-state index contributed by atoms with van der Waals surface area (Å²) >= 11 is 2.15. The van der Waals surface area contributed by atoms with Crippen LogP contribution in [0.15, 0.2) is 0 Å². The fraction of sp³-hybridized carbons (Fsp3) is 1.00. The van der Waals surface area contributed by atoms with Crippen LogP contribution in [0.4, 0.5) is 0 Å². The van der Waals surface area contributed by atoms with Gasteiger partial charge in [-0.2, -0.15) is 8.42 Å². The van der Waals surface area contributed by atoms with Crippen LogP contribution in [-0.2, 0) is 10.1 Å². The van der Waals surface area contributed by atoms with E-state index in [1.54, 1.807) is 0 Å². The molecule has 0 saturated carbocycles. The van der Waals surface area contributed by atoms with E-state index in [4.69, 9.17) is 10.0 Å². The summed E-state index contributed by atoms with van der Waals surface area (Å²) < 4.78 is 55.2.